The highest BCUT2D eigenvalue weighted by atomic mass is 16.3. The van der Waals surface area contributed by atoms with Crippen molar-refractivity contribution in [3.63, 3.8) is 0 Å². The van der Waals surface area contributed by atoms with Crippen LogP contribution in [0.3, 0.4) is 0 Å². The fraction of sp³-hybridized carbons (Fsp3) is 0.161. The summed E-state index contributed by atoms with van der Waals surface area (Å²) in [5, 5.41) is 11.3. The summed E-state index contributed by atoms with van der Waals surface area (Å²) in [6, 6.07) is 42.2. The van der Waals surface area contributed by atoms with Crippen molar-refractivity contribution in [2.24, 2.45) is 0 Å². The molecule has 1 N–H and O–H groups in total. The van der Waals surface area contributed by atoms with Gasteiger partial charge in [-0.25, -0.2) is 0 Å². The molecule has 1 saturated heterocycles. The first-order valence-corrected chi connectivity index (χ1v) is 11.6. The van der Waals surface area contributed by atoms with Gasteiger partial charge in [-0.1, -0.05) is 128 Å². The molecule has 0 bridgehead atoms. The second kappa shape index (κ2) is 9.19. The number of aliphatic hydroxyl groups is 1. The van der Waals surface area contributed by atoms with Crippen LogP contribution >= 0.6 is 0 Å². The average molecular weight is 432 g/mol. The van der Waals surface area contributed by atoms with Gasteiger partial charge in [0, 0.05) is 6.54 Å². The minimum absolute atomic E-state index is 0.0473. The van der Waals surface area contributed by atoms with Gasteiger partial charge >= 0.3 is 0 Å². The standard InChI is InChI=1S/C31H29NO/c1-24(25-14-6-2-7-15-25)22-30(33)29-23-32(29)31(26-16-8-3-9-17-26,27-18-10-4-11-19-27)28-20-12-5-13-21-28/h2-21,29-30,33H,1,22-23H2/t29-,30+,32?/m0/s1. The second-order valence-corrected chi connectivity index (χ2v) is 8.77. The first kappa shape index (κ1) is 21.4. The lowest BCUT2D eigenvalue weighted by Gasteiger charge is -2.38. The van der Waals surface area contributed by atoms with E-state index in [0.717, 1.165) is 17.7 Å². The fourth-order valence-electron chi connectivity index (χ4n) is 5.09. The molecule has 0 radical (unpaired) electrons. The van der Waals surface area contributed by atoms with Crippen LogP contribution in [0.1, 0.15) is 28.7 Å². The van der Waals surface area contributed by atoms with Crippen LogP contribution in [0.4, 0.5) is 0 Å². The van der Waals surface area contributed by atoms with Gasteiger partial charge in [-0.15, -0.1) is 0 Å². The molecule has 1 heterocycles. The van der Waals surface area contributed by atoms with Crippen LogP contribution in [0.25, 0.3) is 5.57 Å². The van der Waals surface area contributed by atoms with Crippen LogP contribution in [0.5, 0.6) is 0 Å². The Bertz CT molecular complexity index is 1090. The van der Waals surface area contributed by atoms with E-state index in [1.807, 2.05) is 18.2 Å². The lowest BCUT2D eigenvalue weighted by molar-refractivity contribution is 0.145. The monoisotopic (exact) mass is 431 g/mol. The van der Waals surface area contributed by atoms with Gasteiger partial charge in [-0.2, -0.15) is 0 Å². The molecule has 0 saturated carbocycles. The summed E-state index contributed by atoms with van der Waals surface area (Å²) in [6.07, 6.45) is 0.0628. The maximum Gasteiger partial charge on any atom is 0.0977 e. The Morgan fingerprint density at radius 1 is 0.727 bits per heavy atom. The largest absolute Gasteiger partial charge is 0.391 e. The van der Waals surface area contributed by atoms with E-state index in [-0.39, 0.29) is 6.04 Å². The zero-order valence-electron chi connectivity index (χ0n) is 18.7. The van der Waals surface area contributed by atoms with Crippen molar-refractivity contribution in [2.75, 3.05) is 6.54 Å². The topological polar surface area (TPSA) is 23.2 Å². The number of hydrogen-bond acceptors (Lipinski definition) is 2. The first-order chi connectivity index (χ1) is 16.2. The van der Waals surface area contributed by atoms with Crippen molar-refractivity contribution in [3.05, 3.63) is 150 Å². The molecule has 0 amide bonds. The number of nitrogens with zero attached hydrogens (tertiary/aromatic N) is 1. The molecule has 1 unspecified atom stereocenters. The van der Waals surface area contributed by atoms with Gasteiger partial charge in [-0.05, 0) is 34.2 Å². The molecule has 5 rings (SSSR count). The number of benzene rings is 4. The summed E-state index contributed by atoms with van der Waals surface area (Å²) in [6.45, 7) is 5.08. The van der Waals surface area contributed by atoms with Crippen molar-refractivity contribution in [2.45, 2.75) is 24.1 Å². The van der Waals surface area contributed by atoms with E-state index in [4.69, 9.17) is 0 Å². The van der Waals surface area contributed by atoms with E-state index in [1.54, 1.807) is 0 Å². The fourth-order valence-corrected chi connectivity index (χ4v) is 5.09. The maximum atomic E-state index is 11.3. The SMILES string of the molecule is C=C(C[C@@H](O)[C@@H]1CN1C(c1ccccc1)(c1ccccc1)c1ccccc1)c1ccccc1. The third-order valence-electron chi connectivity index (χ3n) is 6.74. The van der Waals surface area contributed by atoms with Gasteiger partial charge in [0.05, 0.1) is 17.7 Å². The highest BCUT2D eigenvalue weighted by Gasteiger charge is 2.55. The maximum absolute atomic E-state index is 11.3. The first-order valence-electron chi connectivity index (χ1n) is 11.6. The third-order valence-corrected chi connectivity index (χ3v) is 6.74. The molecule has 3 atom stereocenters. The summed E-state index contributed by atoms with van der Waals surface area (Å²) in [4.78, 5) is 2.44. The molecule has 2 nitrogen and oxygen atoms in total. The normalized spacial score (nSPS) is 18.5. The van der Waals surface area contributed by atoms with Gasteiger partial charge < -0.3 is 5.11 Å². The molecular formula is C31H29NO. The van der Waals surface area contributed by atoms with Crippen molar-refractivity contribution in [1.29, 1.82) is 0 Å². The van der Waals surface area contributed by atoms with E-state index in [0.29, 0.717) is 6.42 Å². The van der Waals surface area contributed by atoms with Crippen molar-refractivity contribution >= 4 is 5.57 Å². The second-order valence-electron chi connectivity index (χ2n) is 8.77. The van der Waals surface area contributed by atoms with Crippen LogP contribution in [0, 0.1) is 0 Å². The highest BCUT2D eigenvalue weighted by molar-refractivity contribution is 5.63. The number of hydrogen-bond donors (Lipinski definition) is 1. The van der Waals surface area contributed by atoms with Crippen LogP contribution in [0.2, 0.25) is 0 Å². The lowest BCUT2D eigenvalue weighted by atomic mass is 9.76. The van der Waals surface area contributed by atoms with Crippen molar-refractivity contribution in [1.82, 2.24) is 4.90 Å². The average Bonchev–Trinajstić information content (AvgIpc) is 3.68. The number of aliphatic hydroxyl groups excluding tert-OH is 1. The Hall–Kier alpha value is -3.46. The molecule has 4 aromatic rings. The van der Waals surface area contributed by atoms with Gasteiger partial charge in [0.1, 0.15) is 0 Å². The Morgan fingerprint density at radius 3 is 1.55 bits per heavy atom. The van der Waals surface area contributed by atoms with Gasteiger partial charge in [-0.3, -0.25) is 4.90 Å². The Morgan fingerprint density at radius 2 is 1.12 bits per heavy atom. The van der Waals surface area contributed by atoms with Crippen molar-refractivity contribution < 1.29 is 5.11 Å². The molecule has 0 aliphatic carbocycles. The zero-order valence-corrected chi connectivity index (χ0v) is 18.7. The Kier molecular flexibility index (Phi) is 5.95. The predicted octanol–water partition coefficient (Wildman–Crippen LogP) is 6.13. The molecule has 0 spiro atoms. The third kappa shape index (κ3) is 4.04. The molecule has 0 aromatic heterocycles. The molecule has 1 fully saturated rings. The van der Waals surface area contributed by atoms with E-state index in [2.05, 4.69) is 115 Å². The van der Waals surface area contributed by atoms with Crippen molar-refractivity contribution in [3.8, 4) is 0 Å². The minimum Gasteiger partial charge on any atom is -0.391 e. The molecule has 33 heavy (non-hydrogen) atoms. The molecule has 4 aromatic carbocycles. The Balaban J connectivity index is 1.54. The summed E-state index contributed by atoms with van der Waals surface area (Å²) >= 11 is 0. The molecule has 164 valence electrons. The predicted molar refractivity (Wildman–Crippen MR) is 136 cm³/mol. The van der Waals surface area contributed by atoms with Gasteiger partial charge in [0.2, 0.25) is 0 Å². The number of rotatable bonds is 8. The Labute approximate surface area is 196 Å². The minimum atomic E-state index is -0.492. The highest BCUT2D eigenvalue weighted by Crippen LogP contribution is 2.49. The van der Waals surface area contributed by atoms with E-state index in [9.17, 15) is 5.11 Å². The molecule has 1 aliphatic rings. The van der Waals surface area contributed by atoms with Crippen LogP contribution in [0.15, 0.2) is 128 Å². The van der Waals surface area contributed by atoms with Crippen LogP contribution < -0.4 is 0 Å². The van der Waals surface area contributed by atoms with E-state index >= 15 is 0 Å². The quantitative estimate of drug-likeness (QED) is 0.268. The smallest absolute Gasteiger partial charge is 0.0977 e. The van der Waals surface area contributed by atoms with Gasteiger partial charge in [0.25, 0.3) is 0 Å². The summed E-state index contributed by atoms with van der Waals surface area (Å²) in [5.74, 6) is 0. The molecular weight excluding hydrogens is 402 g/mol. The van der Waals surface area contributed by atoms with E-state index < -0.39 is 11.6 Å². The van der Waals surface area contributed by atoms with Gasteiger partial charge in [0.15, 0.2) is 0 Å². The summed E-state index contributed by atoms with van der Waals surface area (Å²) < 4.78 is 0. The van der Waals surface area contributed by atoms with Crippen LogP contribution in [-0.2, 0) is 5.54 Å². The summed E-state index contributed by atoms with van der Waals surface area (Å²) in [7, 11) is 0. The lowest BCUT2D eigenvalue weighted by Crippen LogP contribution is -2.40. The van der Waals surface area contributed by atoms with Crippen LogP contribution in [-0.4, -0.2) is 28.7 Å². The molecule has 1 aliphatic heterocycles. The van der Waals surface area contributed by atoms with E-state index in [1.165, 1.54) is 16.7 Å². The summed E-state index contributed by atoms with van der Waals surface area (Å²) in [5.41, 5.74) is 5.21. The molecule has 2 heteroatoms. The zero-order chi connectivity index (χ0) is 22.7.